The molecule has 4 heterocycles. The van der Waals surface area contributed by atoms with Crippen LogP contribution in [0, 0.1) is 0 Å². The molecule has 0 spiro atoms. The molecule has 0 unspecified atom stereocenters. The molecule has 8 nitrogen and oxygen atoms in total. The number of nitrogens with zero attached hydrogens (tertiary/aromatic N) is 5. The Kier molecular flexibility index (Phi) is 4.21. The summed E-state index contributed by atoms with van der Waals surface area (Å²) in [6.45, 7) is 0.640. The molecule has 0 bridgehead atoms. The molecule has 0 aliphatic rings. The fourth-order valence-corrected chi connectivity index (χ4v) is 3.30. The number of amides is 1. The van der Waals surface area contributed by atoms with E-state index < -0.39 is 0 Å². The lowest BCUT2D eigenvalue weighted by atomic mass is 10.2. The van der Waals surface area contributed by atoms with Crippen LogP contribution in [0.15, 0.2) is 67.1 Å². The Hall–Kier alpha value is -4.07. The van der Waals surface area contributed by atoms with Gasteiger partial charge in [-0.1, -0.05) is 18.2 Å². The number of aromatic amines is 1. The lowest BCUT2D eigenvalue weighted by molar-refractivity contribution is 0.102. The molecule has 1 amide bonds. The number of para-hydroxylation sites is 2. The summed E-state index contributed by atoms with van der Waals surface area (Å²) >= 11 is 0. The molecule has 0 radical (unpaired) electrons. The second-order valence-electron chi connectivity index (χ2n) is 6.63. The van der Waals surface area contributed by atoms with E-state index in [-0.39, 0.29) is 5.91 Å². The lowest BCUT2D eigenvalue weighted by Crippen LogP contribution is -2.17. The fourth-order valence-electron chi connectivity index (χ4n) is 3.30. The Balaban J connectivity index is 1.46. The predicted octanol–water partition coefficient (Wildman–Crippen LogP) is 3.20. The summed E-state index contributed by atoms with van der Waals surface area (Å²) in [5.41, 5.74) is 3.85. The maximum absolute atomic E-state index is 12.8. The topological polar surface area (TPSA) is 101 Å². The van der Waals surface area contributed by atoms with E-state index in [1.165, 1.54) is 0 Å². The molecule has 29 heavy (non-hydrogen) atoms. The van der Waals surface area contributed by atoms with Crippen molar-refractivity contribution in [2.24, 2.45) is 0 Å². The first kappa shape index (κ1) is 17.1. The molecule has 5 aromatic rings. The average Bonchev–Trinajstić information content (AvgIpc) is 3.36. The van der Waals surface area contributed by atoms with Gasteiger partial charge in [-0.3, -0.25) is 20.2 Å². The maximum atomic E-state index is 12.8. The SMILES string of the molecule is O=C(Nc1nc2ccccc2n1CCc1ccccn1)c1cc2cn[nH]c2cn1. The van der Waals surface area contributed by atoms with Gasteiger partial charge in [0.2, 0.25) is 5.95 Å². The molecule has 0 aliphatic heterocycles. The highest BCUT2D eigenvalue weighted by Crippen LogP contribution is 2.21. The Bertz CT molecular complexity index is 1310. The van der Waals surface area contributed by atoms with Crippen molar-refractivity contribution in [1.82, 2.24) is 29.7 Å². The third kappa shape index (κ3) is 3.31. The second-order valence-corrected chi connectivity index (χ2v) is 6.63. The van der Waals surface area contributed by atoms with Gasteiger partial charge in [-0.25, -0.2) is 9.97 Å². The quantitative estimate of drug-likeness (QED) is 0.485. The smallest absolute Gasteiger partial charge is 0.276 e. The van der Waals surface area contributed by atoms with E-state index in [0.29, 0.717) is 18.2 Å². The molecule has 0 saturated heterocycles. The van der Waals surface area contributed by atoms with Crippen LogP contribution in [0.2, 0.25) is 0 Å². The molecule has 4 aromatic heterocycles. The third-order valence-electron chi connectivity index (χ3n) is 4.75. The first-order valence-electron chi connectivity index (χ1n) is 9.23. The van der Waals surface area contributed by atoms with Gasteiger partial charge in [-0.2, -0.15) is 5.10 Å². The van der Waals surface area contributed by atoms with Crippen molar-refractivity contribution >= 4 is 33.8 Å². The van der Waals surface area contributed by atoms with Crippen LogP contribution >= 0.6 is 0 Å². The summed E-state index contributed by atoms with van der Waals surface area (Å²) in [6, 6.07) is 15.4. The third-order valence-corrected chi connectivity index (χ3v) is 4.75. The zero-order valence-electron chi connectivity index (χ0n) is 15.4. The van der Waals surface area contributed by atoms with Gasteiger partial charge in [0.25, 0.3) is 5.91 Å². The summed E-state index contributed by atoms with van der Waals surface area (Å²) < 4.78 is 2.00. The number of aromatic nitrogens is 6. The fraction of sp³-hybridized carbons (Fsp3) is 0.0952. The number of nitrogens with one attached hydrogen (secondary N) is 2. The van der Waals surface area contributed by atoms with E-state index in [4.69, 9.17) is 0 Å². The lowest BCUT2D eigenvalue weighted by Gasteiger charge is -2.10. The highest BCUT2D eigenvalue weighted by molar-refractivity contribution is 6.04. The van der Waals surface area contributed by atoms with Crippen LogP contribution in [-0.4, -0.2) is 35.6 Å². The summed E-state index contributed by atoms with van der Waals surface area (Å²) in [7, 11) is 0. The van der Waals surface area contributed by atoms with Crippen LogP contribution in [-0.2, 0) is 13.0 Å². The number of carbonyl (C=O) groups is 1. The minimum Gasteiger partial charge on any atom is -0.310 e. The first-order valence-corrected chi connectivity index (χ1v) is 9.23. The highest BCUT2D eigenvalue weighted by Gasteiger charge is 2.16. The van der Waals surface area contributed by atoms with Crippen LogP contribution in [0.25, 0.3) is 21.9 Å². The van der Waals surface area contributed by atoms with Gasteiger partial charge in [0.05, 0.1) is 28.9 Å². The van der Waals surface area contributed by atoms with Crippen LogP contribution in [0.1, 0.15) is 16.2 Å². The predicted molar refractivity (Wildman–Crippen MR) is 110 cm³/mol. The van der Waals surface area contributed by atoms with E-state index in [9.17, 15) is 4.79 Å². The maximum Gasteiger partial charge on any atom is 0.276 e. The molecule has 0 fully saturated rings. The molecule has 0 atom stereocenters. The van der Waals surface area contributed by atoms with Crippen molar-refractivity contribution in [3.63, 3.8) is 0 Å². The van der Waals surface area contributed by atoms with Crippen LogP contribution in [0.3, 0.4) is 0 Å². The Morgan fingerprint density at radius 1 is 1.07 bits per heavy atom. The van der Waals surface area contributed by atoms with Gasteiger partial charge < -0.3 is 4.57 Å². The summed E-state index contributed by atoms with van der Waals surface area (Å²) in [5, 5.41) is 10.5. The highest BCUT2D eigenvalue weighted by atomic mass is 16.2. The Labute approximate surface area is 165 Å². The molecule has 1 aromatic carbocycles. The number of aryl methyl sites for hydroxylation is 2. The molecule has 0 aliphatic carbocycles. The van der Waals surface area contributed by atoms with Crippen molar-refractivity contribution in [2.75, 3.05) is 5.32 Å². The largest absolute Gasteiger partial charge is 0.310 e. The number of imidazole rings is 1. The van der Waals surface area contributed by atoms with Gasteiger partial charge in [-0.15, -0.1) is 0 Å². The monoisotopic (exact) mass is 383 g/mol. The van der Waals surface area contributed by atoms with Gasteiger partial charge in [0, 0.05) is 30.2 Å². The van der Waals surface area contributed by atoms with Crippen LogP contribution < -0.4 is 5.32 Å². The second kappa shape index (κ2) is 7.16. The molecular weight excluding hydrogens is 366 g/mol. The number of fused-ring (bicyclic) bond motifs is 2. The van der Waals surface area contributed by atoms with Crippen molar-refractivity contribution in [1.29, 1.82) is 0 Å². The minimum atomic E-state index is -0.317. The number of rotatable bonds is 5. The standard InChI is InChI=1S/C21H17N7O/c29-20(17-11-14-12-24-27-18(14)13-23-17)26-21-25-16-6-1-2-7-19(16)28(21)10-8-15-5-3-4-9-22-15/h1-7,9,11-13H,8,10H2,(H,24,27)(H,25,26,29). The first-order chi connectivity index (χ1) is 14.3. The van der Waals surface area contributed by atoms with Crippen LogP contribution in [0.4, 0.5) is 5.95 Å². The van der Waals surface area contributed by atoms with E-state index in [1.807, 2.05) is 47.0 Å². The van der Waals surface area contributed by atoms with Gasteiger partial charge in [-0.05, 0) is 30.3 Å². The summed E-state index contributed by atoms with van der Waals surface area (Å²) in [6.07, 6.45) is 5.77. The van der Waals surface area contributed by atoms with E-state index in [2.05, 4.69) is 30.5 Å². The molecular formula is C21H17N7O. The normalized spacial score (nSPS) is 11.2. The molecule has 0 saturated carbocycles. The number of hydrogen-bond donors (Lipinski definition) is 2. The number of pyridine rings is 2. The van der Waals surface area contributed by atoms with Crippen molar-refractivity contribution < 1.29 is 4.79 Å². The van der Waals surface area contributed by atoms with Crippen LogP contribution in [0.5, 0.6) is 0 Å². The number of H-pyrrole nitrogens is 1. The number of carbonyl (C=O) groups excluding carboxylic acids is 1. The van der Waals surface area contributed by atoms with E-state index in [0.717, 1.165) is 34.1 Å². The molecule has 2 N–H and O–H groups in total. The minimum absolute atomic E-state index is 0.308. The van der Waals surface area contributed by atoms with E-state index >= 15 is 0 Å². The molecule has 142 valence electrons. The number of hydrogen-bond acceptors (Lipinski definition) is 5. The summed E-state index contributed by atoms with van der Waals surface area (Å²) in [5.74, 6) is 0.170. The van der Waals surface area contributed by atoms with Crippen molar-refractivity contribution in [3.05, 3.63) is 78.5 Å². The van der Waals surface area contributed by atoms with Gasteiger partial charge >= 0.3 is 0 Å². The number of anilines is 1. The number of benzene rings is 1. The van der Waals surface area contributed by atoms with Gasteiger partial charge in [0.1, 0.15) is 5.69 Å². The summed E-state index contributed by atoms with van der Waals surface area (Å²) in [4.78, 5) is 26.0. The van der Waals surface area contributed by atoms with E-state index in [1.54, 1.807) is 24.7 Å². The Morgan fingerprint density at radius 2 is 1.97 bits per heavy atom. The molecule has 5 rings (SSSR count). The Morgan fingerprint density at radius 3 is 2.86 bits per heavy atom. The molecule has 8 heteroatoms. The van der Waals surface area contributed by atoms with Gasteiger partial charge in [0.15, 0.2) is 0 Å². The van der Waals surface area contributed by atoms with Crippen molar-refractivity contribution in [2.45, 2.75) is 13.0 Å². The zero-order chi connectivity index (χ0) is 19.6. The average molecular weight is 383 g/mol. The zero-order valence-corrected chi connectivity index (χ0v) is 15.4. The van der Waals surface area contributed by atoms with Crippen molar-refractivity contribution in [3.8, 4) is 0 Å².